The van der Waals surface area contributed by atoms with Crippen molar-refractivity contribution in [2.45, 2.75) is 19.6 Å². The SMILES string of the molecule is CCn1nnc2cc(C(=O)NCC(O)C(=O)O)ccc21. The van der Waals surface area contributed by atoms with Crippen LogP contribution in [0, 0.1) is 0 Å². The molecule has 0 saturated heterocycles. The number of fused-ring (bicyclic) bond motifs is 1. The maximum atomic E-state index is 11.8. The number of nitrogens with one attached hydrogen (secondary N) is 1. The zero-order chi connectivity index (χ0) is 14.7. The van der Waals surface area contributed by atoms with Crippen LogP contribution in [0.15, 0.2) is 18.2 Å². The van der Waals surface area contributed by atoms with E-state index in [1.165, 1.54) is 0 Å². The standard InChI is InChI=1S/C12H14N4O4/c1-2-16-9-4-3-7(5-8(9)14-15-16)11(18)13-6-10(17)12(19)20/h3-5,10,17H,2,6H2,1H3,(H,13,18)(H,19,20). The third-order valence-corrected chi connectivity index (χ3v) is 2.82. The molecular weight excluding hydrogens is 264 g/mol. The van der Waals surface area contributed by atoms with Crippen LogP contribution < -0.4 is 5.32 Å². The molecular formula is C12H14N4O4. The first kappa shape index (κ1) is 13.9. The molecule has 0 aliphatic carbocycles. The minimum absolute atomic E-state index is 0.332. The molecule has 1 unspecified atom stereocenters. The molecule has 0 aliphatic rings. The molecule has 1 heterocycles. The highest BCUT2D eigenvalue weighted by molar-refractivity contribution is 5.97. The summed E-state index contributed by atoms with van der Waals surface area (Å²) in [5.41, 5.74) is 1.73. The highest BCUT2D eigenvalue weighted by atomic mass is 16.4. The van der Waals surface area contributed by atoms with Gasteiger partial charge < -0.3 is 15.5 Å². The zero-order valence-corrected chi connectivity index (χ0v) is 10.8. The van der Waals surface area contributed by atoms with Crippen molar-refractivity contribution in [1.29, 1.82) is 0 Å². The van der Waals surface area contributed by atoms with Gasteiger partial charge in [0, 0.05) is 12.1 Å². The molecule has 1 atom stereocenters. The number of hydrogen-bond donors (Lipinski definition) is 3. The molecule has 0 spiro atoms. The van der Waals surface area contributed by atoms with Gasteiger partial charge in [0.2, 0.25) is 0 Å². The topological polar surface area (TPSA) is 117 Å². The highest BCUT2D eigenvalue weighted by Gasteiger charge is 2.15. The molecule has 0 fully saturated rings. The number of carbonyl (C=O) groups is 2. The number of amides is 1. The number of carboxylic acids is 1. The number of aromatic nitrogens is 3. The largest absolute Gasteiger partial charge is 0.479 e. The van der Waals surface area contributed by atoms with Gasteiger partial charge in [-0.2, -0.15) is 0 Å². The van der Waals surface area contributed by atoms with Crippen LogP contribution in [0.3, 0.4) is 0 Å². The van der Waals surface area contributed by atoms with Crippen molar-refractivity contribution in [1.82, 2.24) is 20.3 Å². The summed E-state index contributed by atoms with van der Waals surface area (Å²) in [6, 6.07) is 4.89. The summed E-state index contributed by atoms with van der Waals surface area (Å²) >= 11 is 0. The van der Waals surface area contributed by atoms with Crippen molar-refractivity contribution in [3.05, 3.63) is 23.8 Å². The van der Waals surface area contributed by atoms with E-state index in [-0.39, 0.29) is 6.54 Å². The summed E-state index contributed by atoms with van der Waals surface area (Å²) < 4.78 is 1.70. The van der Waals surface area contributed by atoms with E-state index in [2.05, 4.69) is 15.6 Å². The van der Waals surface area contributed by atoms with Crippen LogP contribution in [-0.2, 0) is 11.3 Å². The Balaban J connectivity index is 2.12. The number of rotatable bonds is 5. The molecule has 8 heteroatoms. The molecule has 2 aromatic rings. The van der Waals surface area contributed by atoms with Crippen molar-refractivity contribution in [3.63, 3.8) is 0 Å². The summed E-state index contributed by atoms with van der Waals surface area (Å²) in [5, 5.41) is 27.8. The smallest absolute Gasteiger partial charge is 0.334 e. The summed E-state index contributed by atoms with van der Waals surface area (Å²) in [6.07, 6.45) is -1.62. The minimum Gasteiger partial charge on any atom is -0.479 e. The van der Waals surface area contributed by atoms with Crippen LogP contribution in [0.1, 0.15) is 17.3 Å². The van der Waals surface area contributed by atoms with E-state index in [0.29, 0.717) is 17.6 Å². The molecule has 2 rings (SSSR count). The van der Waals surface area contributed by atoms with Crippen LogP contribution >= 0.6 is 0 Å². The summed E-state index contributed by atoms with van der Waals surface area (Å²) in [7, 11) is 0. The number of hydrogen-bond acceptors (Lipinski definition) is 5. The van der Waals surface area contributed by atoms with E-state index >= 15 is 0 Å². The van der Waals surface area contributed by atoms with Crippen LogP contribution in [0.25, 0.3) is 11.0 Å². The number of benzene rings is 1. The lowest BCUT2D eigenvalue weighted by atomic mass is 10.2. The molecule has 8 nitrogen and oxygen atoms in total. The van der Waals surface area contributed by atoms with Gasteiger partial charge in [-0.1, -0.05) is 5.21 Å². The van der Waals surface area contributed by atoms with E-state index in [4.69, 9.17) is 10.2 Å². The van der Waals surface area contributed by atoms with Crippen molar-refractivity contribution in [3.8, 4) is 0 Å². The van der Waals surface area contributed by atoms with Crippen molar-refractivity contribution >= 4 is 22.9 Å². The molecule has 20 heavy (non-hydrogen) atoms. The van der Waals surface area contributed by atoms with Gasteiger partial charge in [0.05, 0.1) is 12.1 Å². The Labute approximate surface area is 114 Å². The Bertz CT molecular complexity index is 652. The van der Waals surface area contributed by atoms with E-state index < -0.39 is 18.0 Å². The number of carbonyl (C=O) groups excluding carboxylic acids is 1. The third kappa shape index (κ3) is 2.75. The van der Waals surface area contributed by atoms with Gasteiger partial charge in [0.1, 0.15) is 5.52 Å². The lowest BCUT2D eigenvalue weighted by molar-refractivity contribution is -0.146. The first-order valence-electron chi connectivity index (χ1n) is 6.05. The minimum atomic E-state index is -1.62. The molecule has 1 amide bonds. The fraction of sp³-hybridized carbons (Fsp3) is 0.333. The third-order valence-electron chi connectivity index (χ3n) is 2.82. The maximum Gasteiger partial charge on any atom is 0.334 e. The Hall–Kier alpha value is -2.48. The first-order valence-corrected chi connectivity index (χ1v) is 6.05. The molecule has 0 radical (unpaired) electrons. The second kappa shape index (κ2) is 5.66. The van der Waals surface area contributed by atoms with Gasteiger partial charge in [-0.05, 0) is 25.1 Å². The molecule has 1 aromatic carbocycles. The van der Waals surface area contributed by atoms with Crippen LogP contribution in [0.4, 0.5) is 0 Å². The quantitative estimate of drug-likeness (QED) is 0.686. The molecule has 106 valence electrons. The summed E-state index contributed by atoms with van der Waals surface area (Å²) in [4.78, 5) is 22.3. The number of nitrogens with zero attached hydrogens (tertiary/aromatic N) is 3. The Morgan fingerprint density at radius 1 is 1.45 bits per heavy atom. The second-order valence-electron chi connectivity index (χ2n) is 4.17. The summed E-state index contributed by atoms with van der Waals surface area (Å²) in [6.45, 7) is 2.25. The Morgan fingerprint density at radius 3 is 2.85 bits per heavy atom. The fourth-order valence-electron chi connectivity index (χ4n) is 1.73. The molecule has 0 aliphatic heterocycles. The summed E-state index contributed by atoms with van der Waals surface area (Å²) in [5.74, 6) is -1.86. The monoisotopic (exact) mass is 278 g/mol. The number of carboxylic acid groups (broad SMARTS) is 1. The van der Waals surface area contributed by atoms with Gasteiger partial charge in [-0.25, -0.2) is 9.48 Å². The molecule has 0 saturated carbocycles. The average molecular weight is 278 g/mol. The fourth-order valence-corrected chi connectivity index (χ4v) is 1.73. The van der Waals surface area contributed by atoms with Gasteiger partial charge in [0.25, 0.3) is 5.91 Å². The van der Waals surface area contributed by atoms with Gasteiger partial charge >= 0.3 is 5.97 Å². The number of aryl methyl sites for hydroxylation is 1. The van der Waals surface area contributed by atoms with Crippen LogP contribution in [0.2, 0.25) is 0 Å². The predicted octanol–water partition coefficient (Wildman–Crippen LogP) is -0.374. The number of aliphatic carboxylic acids is 1. The van der Waals surface area contributed by atoms with Crippen LogP contribution in [-0.4, -0.2) is 49.7 Å². The van der Waals surface area contributed by atoms with E-state index in [1.807, 2.05) is 6.92 Å². The number of aliphatic hydroxyl groups is 1. The lowest BCUT2D eigenvalue weighted by Crippen LogP contribution is -2.36. The normalized spacial score (nSPS) is 12.3. The average Bonchev–Trinajstić information content (AvgIpc) is 2.86. The number of aliphatic hydroxyl groups excluding tert-OH is 1. The van der Waals surface area contributed by atoms with Gasteiger partial charge in [0.15, 0.2) is 6.10 Å². The van der Waals surface area contributed by atoms with Crippen molar-refractivity contribution < 1.29 is 19.8 Å². The lowest BCUT2D eigenvalue weighted by Gasteiger charge is -2.07. The van der Waals surface area contributed by atoms with E-state index in [1.54, 1.807) is 22.9 Å². The molecule has 1 aromatic heterocycles. The van der Waals surface area contributed by atoms with Gasteiger partial charge in [-0.15, -0.1) is 5.10 Å². The molecule has 0 bridgehead atoms. The van der Waals surface area contributed by atoms with Crippen LogP contribution in [0.5, 0.6) is 0 Å². The predicted molar refractivity (Wildman–Crippen MR) is 69.2 cm³/mol. The highest BCUT2D eigenvalue weighted by Crippen LogP contribution is 2.13. The van der Waals surface area contributed by atoms with Crippen molar-refractivity contribution in [2.24, 2.45) is 0 Å². The van der Waals surface area contributed by atoms with Gasteiger partial charge in [-0.3, -0.25) is 4.79 Å². The van der Waals surface area contributed by atoms with Crippen molar-refractivity contribution in [2.75, 3.05) is 6.54 Å². The second-order valence-corrected chi connectivity index (χ2v) is 4.17. The maximum absolute atomic E-state index is 11.8. The first-order chi connectivity index (χ1) is 9.52. The van der Waals surface area contributed by atoms with E-state index in [9.17, 15) is 9.59 Å². The van der Waals surface area contributed by atoms with E-state index in [0.717, 1.165) is 5.52 Å². The molecule has 3 N–H and O–H groups in total. The Morgan fingerprint density at radius 2 is 2.20 bits per heavy atom. The zero-order valence-electron chi connectivity index (χ0n) is 10.8. The Kier molecular flexibility index (Phi) is 3.94.